The topological polar surface area (TPSA) is 95.9 Å². The first-order chi connectivity index (χ1) is 21.9. The van der Waals surface area contributed by atoms with Crippen LogP contribution >= 0.6 is 0 Å². The van der Waals surface area contributed by atoms with Crippen LogP contribution in [0.15, 0.2) is 30.3 Å². The number of aromatic hydroxyl groups is 1. The summed E-state index contributed by atoms with van der Waals surface area (Å²) in [7, 11) is 0. The molecule has 0 saturated carbocycles. The van der Waals surface area contributed by atoms with E-state index in [2.05, 4.69) is 20.1 Å². The van der Waals surface area contributed by atoms with E-state index >= 15 is 4.39 Å². The van der Waals surface area contributed by atoms with Crippen molar-refractivity contribution in [2.75, 3.05) is 37.7 Å². The Morgan fingerprint density at radius 2 is 2.07 bits per heavy atom. The van der Waals surface area contributed by atoms with Gasteiger partial charge in [0.15, 0.2) is 5.82 Å². The smallest absolute Gasteiger partial charge is 0.319 e. The zero-order valence-corrected chi connectivity index (χ0v) is 25.2. The van der Waals surface area contributed by atoms with Crippen LogP contribution in [0.3, 0.4) is 0 Å². The van der Waals surface area contributed by atoms with E-state index in [4.69, 9.17) is 19.4 Å². The lowest BCUT2D eigenvalue weighted by Gasteiger charge is -2.40. The number of hydrogen-bond acceptors (Lipinski definition) is 9. The largest absolute Gasteiger partial charge is 0.508 e. The number of benzene rings is 2. The number of piperazine rings is 1. The first-order valence-corrected chi connectivity index (χ1v) is 16.2. The molecule has 5 aliphatic rings. The highest BCUT2D eigenvalue weighted by molar-refractivity contribution is 6.03. The number of nitrogens with one attached hydrogen (secondary N) is 1. The van der Waals surface area contributed by atoms with Crippen molar-refractivity contribution in [2.24, 2.45) is 0 Å². The average Bonchev–Trinajstić information content (AvgIpc) is 3.67. The van der Waals surface area contributed by atoms with Crippen molar-refractivity contribution in [2.45, 2.75) is 75.3 Å². The maximum atomic E-state index is 17.0. The summed E-state index contributed by atoms with van der Waals surface area (Å²) in [5.74, 6) is 0.240. The Morgan fingerprint density at radius 1 is 1.16 bits per heavy atom. The van der Waals surface area contributed by atoms with E-state index in [0.717, 1.165) is 55.0 Å². The summed E-state index contributed by atoms with van der Waals surface area (Å²) in [5, 5.41) is 16.5. The first kappa shape index (κ1) is 27.5. The molecule has 4 fully saturated rings. The molecule has 5 atom stereocenters. The number of phenolic OH excluding ortho intramolecular Hbond substituents is 1. The molecule has 0 radical (unpaired) electrons. The summed E-state index contributed by atoms with van der Waals surface area (Å²) in [6.07, 6.45) is 4.18. The third kappa shape index (κ3) is 4.19. The summed E-state index contributed by atoms with van der Waals surface area (Å²) in [5.41, 5.74) is 1.24. The van der Waals surface area contributed by atoms with Crippen LogP contribution in [0.5, 0.6) is 17.6 Å². The Morgan fingerprint density at radius 3 is 2.96 bits per heavy atom. The number of anilines is 1. The number of aryl methyl sites for hydroxylation is 1. The van der Waals surface area contributed by atoms with E-state index in [9.17, 15) is 9.50 Å². The third-order valence-corrected chi connectivity index (χ3v) is 10.8. The van der Waals surface area contributed by atoms with Gasteiger partial charge in [-0.1, -0.05) is 25.1 Å². The highest BCUT2D eigenvalue weighted by atomic mass is 19.1. The molecule has 0 aliphatic carbocycles. The molecule has 2 aromatic carbocycles. The minimum Gasteiger partial charge on any atom is -0.508 e. The van der Waals surface area contributed by atoms with Gasteiger partial charge in [0.05, 0.1) is 11.6 Å². The van der Waals surface area contributed by atoms with Crippen LogP contribution in [0.25, 0.3) is 32.9 Å². The van der Waals surface area contributed by atoms with Crippen molar-refractivity contribution in [1.82, 2.24) is 25.2 Å². The second-order valence-electron chi connectivity index (χ2n) is 13.4. The van der Waals surface area contributed by atoms with Gasteiger partial charge in [0.25, 0.3) is 0 Å². The van der Waals surface area contributed by atoms with E-state index in [1.807, 2.05) is 25.1 Å². The maximum Gasteiger partial charge on any atom is 0.319 e. The van der Waals surface area contributed by atoms with E-state index in [1.54, 1.807) is 12.1 Å². The van der Waals surface area contributed by atoms with Gasteiger partial charge in [-0.15, -0.1) is 0 Å². The summed E-state index contributed by atoms with van der Waals surface area (Å²) < 4.78 is 44.3. The van der Waals surface area contributed by atoms with Gasteiger partial charge >= 0.3 is 6.01 Å². The van der Waals surface area contributed by atoms with E-state index < -0.39 is 17.5 Å². The van der Waals surface area contributed by atoms with Crippen LogP contribution in [-0.2, 0) is 6.42 Å². The van der Waals surface area contributed by atoms with Crippen molar-refractivity contribution in [1.29, 1.82) is 0 Å². The predicted octanol–water partition coefficient (Wildman–Crippen LogP) is 4.91. The SMILES string of the molecule is CCc1cccc2cc(O)cc(-c3nc4c5c(nc(OC[C@@]67CCCN6C[C@H](F)C7)nc5c3F)N3C[C@@H]5CCC(N5)[C@H]3CO4)c12. The van der Waals surface area contributed by atoms with Crippen LogP contribution in [0.2, 0.25) is 0 Å². The molecule has 2 N–H and O–H groups in total. The molecule has 2 bridgehead atoms. The number of fused-ring (bicyclic) bond motifs is 7. The monoisotopic (exact) mass is 614 g/mol. The number of ether oxygens (including phenoxy) is 2. The second-order valence-corrected chi connectivity index (χ2v) is 13.4. The first-order valence-electron chi connectivity index (χ1n) is 16.2. The van der Waals surface area contributed by atoms with Gasteiger partial charge in [-0.25, -0.2) is 13.8 Å². The Bertz CT molecular complexity index is 1860. The summed E-state index contributed by atoms with van der Waals surface area (Å²) in [6.45, 7) is 4.63. The molecule has 5 aliphatic heterocycles. The second kappa shape index (κ2) is 10.1. The fourth-order valence-electron chi connectivity index (χ4n) is 8.78. The van der Waals surface area contributed by atoms with Gasteiger partial charge in [0.2, 0.25) is 5.88 Å². The summed E-state index contributed by atoms with van der Waals surface area (Å²) in [4.78, 5) is 18.8. The quantitative estimate of drug-likeness (QED) is 0.325. The molecule has 11 heteroatoms. The Kier molecular flexibility index (Phi) is 6.16. The Balaban J connectivity index is 1.24. The molecule has 2 aromatic heterocycles. The van der Waals surface area contributed by atoms with Gasteiger partial charge < -0.3 is 24.8 Å². The number of rotatable bonds is 5. The molecule has 9 rings (SSSR count). The Hall–Kier alpha value is -3.83. The van der Waals surface area contributed by atoms with Crippen LogP contribution < -0.4 is 19.7 Å². The zero-order valence-electron chi connectivity index (χ0n) is 25.2. The van der Waals surface area contributed by atoms with Crippen LogP contribution in [0.4, 0.5) is 14.6 Å². The molecule has 1 unspecified atom stereocenters. The maximum absolute atomic E-state index is 17.0. The zero-order chi connectivity index (χ0) is 30.4. The van der Waals surface area contributed by atoms with Crippen LogP contribution in [0.1, 0.15) is 44.6 Å². The van der Waals surface area contributed by atoms with Crippen molar-refractivity contribution in [3.8, 4) is 28.9 Å². The number of hydrogen-bond donors (Lipinski definition) is 2. The molecule has 45 heavy (non-hydrogen) atoms. The Labute approximate surface area is 259 Å². The minimum absolute atomic E-state index is 0.0187. The predicted molar refractivity (Wildman–Crippen MR) is 166 cm³/mol. The van der Waals surface area contributed by atoms with Gasteiger partial charge in [-0.3, -0.25) is 4.90 Å². The fourth-order valence-corrected chi connectivity index (χ4v) is 8.78. The third-order valence-electron chi connectivity index (χ3n) is 10.8. The van der Waals surface area contributed by atoms with Crippen LogP contribution in [-0.4, -0.2) is 87.6 Å². The van der Waals surface area contributed by atoms with E-state index in [0.29, 0.717) is 48.9 Å². The number of phenols is 1. The molecule has 0 spiro atoms. The highest BCUT2D eigenvalue weighted by Gasteiger charge is 2.50. The molecule has 4 aromatic rings. The van der Waals surface area contributed by atoms with Gasteiger partial charge in [-0.2, -0.15) is 9.97 Å². The van der Waals surface area contributed by atoms with Crippen molar-refractivity contribution in [3.05, 3.63) is 41.7 Å². The number of aromatic nitrogens is 3. The van der Waals surface area contributed by atoms with Gasteiger partial charge in [-0.05, 0) is 67.1 Å². The number of nitrogens with zero attached hydrogens (tertiary/aromatic N) is 5. The molecule has 234 valence electrons. The molecule has 4 saturated heterocycles. The standard InChI is InChI=1S/C34H36F2N6O3/c1-2-18-5-3-6-19-11-22(43)12-23(26(18)19)29-28(36)30-27-31(42-15-21-7-8-24(37-21)25(42)16-44-32(27)38-29)40-33(39-30)45-17-34-9-4-10-41(34)14-20(35)13-34/h3,5-6,11-12,20-21,24-25,37,43H,2,4,7-10,13-17H2,1H3/t20-,21+,24?,25-,34+/m1/s1. The summed E-state index contributed by atoms with van der Waals surface area (Å²) in [6, 6.07) is 9.68. The lowest BCUT2D eigenvalue weighted by atomic mass is 9.95. The molecular weight excluding hydrogens is 578 g/mol. The fraction of sp³-hybridized carbons (Fsp3) is 0.500. The number of pyridine rings is 1. The number of alkyl halides is 1. The normalized spacial score (nSPS) is 28.7. The number of halogens is 2. The van der Waals surface area contributed by atoms with Crippen molar-refractivity contribution >= 4 is 27.5 Å². The van der Waals surface area contributed by atoms with Gasteiger partial charge in [0.1, 0.15) is 47.5 Å². The van der Waals surface area contributed by atoms with E-state index in [1.165, 1.54) is 0 Å². The molecule has 7 heterocycles. The lowest BCUT2D eigenvalue weighted by molar-refractivity contribution is 0.107. The molecular formula is C34H36F2N6O3. The van der Waals surface area contributed by atoms with Crippen molar-refractivity contribution in [3.63, 3.8) is 0 Å². The van der Waals surface area contributed by atoms with Gasteiger partial charge in [0, 0.05) is 37.2 Å². The van der Waals surface area contributed by atoms with Crippen molar-refractivity contribution < 1.29 is 23.4 Å². The minimum atomic E-state index is -0.885. The highest BCUT2D eigenvalue weighted by Crippen LogP contribution is 2.45. The van der Waals surface area contributed by atoms with Crippen LogP contribution in [0, 0.1) is 5.82 Å². The van der Waals surface area contributed by atoms with E-state index in [-0.39, 0.29) is 47.5 Å². The molecule has 9 nitrogen and oxygen atoms in total. The summed E-state index contributed by atoms with van der Waals surface area (Å²) >= 11 is 0. The molecule has 0 amide bonds. The average molecular weight is 615 g/mol. The lowest BCUT2D eigenvalue weighted by Crippen LogP contribution is -2.60.